The van der Waals surface area contributed by atoms with Crippen LogP contribution in [-0.4, -0.2) is 4.57 Å². The molecule has 3 aromatic rings. The number of rotatable bonds is 0. The van der Waals surface area contributed by atoms with Crippen molar-refractivity contribution in [3.05, 3.63) is 47.0 Å². The first-order chi connectivity index (χ1) is 7.70. The Morgan fingerprint density at radius 1 is 1.00 bits per heavy atom. The van der Waals surface area contributed by atoms with Crippen LogP contribution < -0.4 is 10.6 Å². The predicted molar refractivity (Wildman–Crippen MR) is 70.7 cm³/mol. The minimum atomic E-state index is 0.992. The standard InChI is InChI=1S/C15H13N/c1-10-11(2)16(3)14-9-8-12-6-4-5-7-13(12)15(10)14/h4-9H,1-2H2,3H3. The summed E-state index contributed by atoms with van der Waals surface area (Å²) in [6.45, 7) is 8.20. The molecule has 0 saturated carbocycles. The molecule has 3 rings (SSSR count). The monoisotopic (exact) mass is 207 g/mol. The molecule has 0 aliphatic heterocycles. The van der Waals surface area contributed by atoms with E-state index in [4.69, 9.17) is 0 Å². The lowest BCUT2D eigenvalue weighted by Gasteiger charge is -2.00. The van der Waals surface area contributed by atoms with Crippen molar-refractivity contribution in [3.63, 3.8) is 0 Å². The van der Waals surface area contributed by atoms with E-state index >= 15 is 0 Å². The molecule has 0 spiro atoms. The highest BCUT2D eigenvalue weighted by Gasteiger charge is 2.05. The number of nitrogens with zero attached hydrogens (tertiary/aromatic N) is 1. The van der Waals surface area contributed by atoms with Gasteiger partial charge in [0.15, 0.2) is 0 Å². The number of benzene rings is 2. The van der Waals surface area contributed by atoms with Crippen LogP contribution in [0.3, 0.4) is 0 Å². The Balaban J connectivity index is 2.77. The molecule has 0 aliphatic carbocycles. The zero-order chi connectivity index (χ0) is 11.3. The van der Waals surface area contributed by atoms with Crippen molar-refractivity contribution in [2.45, 2.75) is 0 Å². The highest BCUT2D eigenvalue weighted by molar-refractivity contribution is 6.06. The SMILES string of the molecule is C=c1c(=C)n(C)c2ccc3ccccc3c12. The second kappa shape index (κ2) is 2.99. The van der Waals surface area contributed by atoms with E-state index in [-0.39, 0.29) is 0 Å². The largest absolute Gasteiger partial charge is 0.344 e. The molecule has 0 unspecified atom stereocenters. The summed E-state index contributed by atoms with van der Waals surface area (Å²) in [6.07, 6.45) is 0. The van der Waals surface area contributed by atoms with Gasteiger partial charge in [0.1, 0.15) is 0 Å². The molecule has 0 amide bonds. The highest BCUT2D eigenvalue weighted by atomic mass is 14.9. The smallest absolute Gasteiger partial charge is 0.0494 e. The molecule has 0 aliphatic rings. The van der Waals surface area contributed by atoms with E-state index in [1.165, 1.54) is 21.7 Å². The summed E-state index contributed by atoms with van der Waals surface area (Å²) in [5.74, 6) is 0. The Kier molecular flexibility index (Phi) is 1.72. The van der Waals surface area contributed by atoms with Crippen LogP contribution in [0, 0.1) is 0 Å². The van der Waals surface area contributed by atoms with Crippen LogP contribution in [0.5, 0.6) is 0 Å². The number of aromatic nitrogens is 1. The first-order valence-electron chi connectivity index (χ1n) is 5.34. The fourth-order valence-corrected chi connectivity index (χ4v) is 2.35. The minimum absolute atomic E-state index is 0.992. The van der Waals surface area contributed by atoms with Gasteiger partial charge in [0.2, 0.25) is 0 Å². The molecular weight excluding hydrogens is 194 g/mol. The van der Waals surface area contributed by atoms with Crippen molar-refractivity contribution in [1.82, 2.24) is 4.57 Å². The van der Waals surface area contributed by atoms with Crippen LogP contribution in [0.25, 0.3) is 34.8 Å². The lowest BCUT2D eigenvalue weighted by molar-refractivity contribution is 0.928. The molecule has 78 valence electrons. The molecule has 0 atom stereocenters. The summed E-state index contributed by atoms with van der Waals surface area (Å²) in [6, 6.07) is 12.7. The number of hydrogen-bond donors (Lipinski definition) is 0. The second-order valence-corrected chi connectivity index (χ2v) is 4.17. The van der Waals surface area contributed by atoms with Gasteiger partial charge >= 0.3 is 0 Å². The normalized spacial score (nSPS) is 11.3. The fraction of sp³-hybridized carbons (Fsp3) is 0.0667. The fourth-order valence-electron chi connectivity index (χ4n) is 2.35. The summed E-state index contributed by atoms with van der Waals surface area (Å²) in [4.78, 5) is 0. The molecule has 0 N–H and O–H groups in total. The lowest BCUT2D eigenvalue weighted by Crippen LogP contribution is -2.24. The quantitative estimate of drug-likeness (QED) is 0.532. The molecule has 0 radical (unpaired) electrons. The van der Waals surface area contributed by atoms with Gasteiger partial charge in [-0.3, -0.25) is 0 Å². The van der Waals surface area contributed by atoms with Gasteiger partial charge in [-0.15, -0.1) is 0 Å². The van der Waals surface area contributed by atoms with Crippen molar-refractivity contribution >= 4 is 34.8 Å². The molecule has 16 heavy (non-hydrogen) atoms. The topological polar surface area (TPSA) is 4.93 Å². The van der Waals surface area contributed by atoms with E-state index in [2.05, 4.69) is 54.1 Å². The molecule has 1 heteroatoms. The first-order valence-corrected chi connectivity index (χ1v) is 5.34. The van der Waals surface area contributed by atoms with Gasteiger partial charge in [0.25, 0.3) is 0 Å². The zero-order valence-corrected chi connectivity index (χ0v) is 9.33. The molecule has 0 fully saturated rings. The third-order valence-electron chi connectivity index (χ3n) is 3.32. The Morgan fingerprint density at radius 3 is 2.56 bits per heavy atom. The van der Waals surface area contributed by atoms with Crippen LogP contribution in [0.15, 0.2) is 36.4 Å². The van der Waals surface area contributed by atoms with Crippen LogP contribution in [0.2, 0.25) is 0 Å². The van der Waals surface area contributed by atoms with Gasteiger partial charge in [-0.25, -0.2) is 0 Å². The highest BCUT2D eigenvalue weighted by Crippen LogP contribution is 2.21. The lowest BCUT2D eigenvalue weighted by atomic mass is 10.1. The van der Waals surface area contributed by atoms with E-state index in [0.717, 1.165) is 10.6 Å². The Morgan fingerprint density at radius 2 is 1.75 bits per heavy atom. The average molecular weight is 207 g/mol. The van der Waals surface area contributed by atoms with Crippen molar-refractivity contribution in [1.29, 1.82) is 0 Å². The van der Waals surface area contributed by atoms with E-state index in [1.807, 2.05) is 7.05 Å². The number of aryl methyl sites for hydroxylation is 1. The van der Waals surface area contributed by atoms with E-state index in [9.17, 15) is 0 Å². The Bertz CT molecular complexity index is 794. The van der Waals surface area contributed by atoms with Crippen molar-refractivity contribution in [2.75, 3.05) is 0 Å². The molecular formula is C15H13N. The average Bonchev–Trinajstić information content (AvgIpc) is 2.55. The minimum Gasteiger partial charge on any atom is -0.344 e. The molecule has 1 aromatic heterocycles. The Hall–Kier alpha value is -2.02. The summed E-state index contributed by atoms with van der Waals surface area (Å²) in [5.41, 5.74) is 1.20. The van der Waals surface area contributed by atoms with Crippen LogP contribution in [0.1, 0.15) is 0 Å². The van der Waals surface area contributed by atoms with Crippen molar-refractivity contribution in [3.8, 4) is 0 Å². The van der Waals surface area contributed by atoms with E-state index < -0.39 is 0 Å². The molecule has 1 heterocycles. The van der Waals surface area contributed by atoms with Crippen LogP contribution >= 0.6 is 0 Å². The molecule has 1 nitrogen and oxygen atoms in total. The number of hydrogen-bond acceptors (Lipinski definition) is 0. The van der Waals surface area contributed by atoms with Gasteiger partial charge in [-0.05, 0) is 16.8 Å². The molecule has 0 bridgehead atoms. The van der Waals surface area contributed by atoms with Crippen LogP contribution in [0.4, 0.5) is 0 Å². The van der Waals surface area contributed by atoms with Crippen molar-refractivity contribution in [2.24, 2.45) is 7.05 Å². The van der Waals surface area contributed by atoms with Gasteiger partial charge in [0.05, 0.1) is 0 Å². The van der Waals surface area contributed by atoms with Gasteiger partial charge in [-0.1, -0.05) is 43.5 Å². The summed E-state index contributed by atoms with van der Waals surface area (Å²) in [7, 11) is 2.04. The maximum atomic E-state index is 4.14. The van der Waals surface area contributed by atoms with Crippen molar-refractivity contribution < 1.29 is 0 Å². The second-order valence-electron chi connectivity index (χ2n) is 4.17. The van der Waals surface area contributed by atoms with Gasteiger partial charge in [-0.2, -0.15) is 0 Å². The first kappa shape index (κ1) is 9.22. The van der Waals surface area contributed by atoms with Gasteiger partial charge < -0.3 is 4.57 Å². The summed E-state index contributed by atoms with van der Waals surface area (Å²) in [5, 5.41) is 5.77. The Labute approximate surface area is 93.9 Å². The van der Waals surface area contributed by atoms with Crippen LogP contribution in [-0.2, 0) is 7.05 Å². The third kappa shape index (κ3) is 1.00. The number of fused-ring (bicyclic) bond motifs is 3. The van der Waals surface area contributed by atoms with E-state index in [1.54, 1.807) is 0 Å². The maximum absolute atomic E-state index is 4.14. The van der Waals surface area contributed by atoms with Gasteiger partial charge in [0, 0.05) is 28.5 Å². The molecule has 2 aromatic carbocycles. The summed E-state index contributed by atoms with van der Waals surface area (Å²) < 4.78 is 2.10. The predicted octanol–water partition coefficient (Wildman–Crippen LogP) is 2.15. The summed E-state index contributed by atoms with van der Waals surface area (Å²) >= 11 is 0. The zero-order valence-electron chi connectivity index (χ0n) is 9.33. The third-order valence-corrected chi connectivity index (χ3v) is 3.32. The van der Waals surface area contributed by atoms with E-state index in [0.29, 0.717) is 0 Å². The molecule has 0 saturated heterocycles. The maximum Gasteiger partial charge on any atom is 0.0494 e.